The van der Waals surface area contributed by atoms with Crippen LogP contribution < -0.4 is 0 Å². The lowest BCUT2D eigenvalue weighted by Gasteiger charge is -2.25. The van der Waals surface area contributed by atoms with Crippen molar-refractivity contribution in [2.24, 2.45) is 11.8 Å². The fourth-order valence-corrected chi connectivity index (χ4v) is 8.12. The molecular weight excluding hydrogens is 533 g/mol. The minimum Gasteiger partial charge on any atom is -0.379 e. The molecule has 11 unspecified atom stereocenters. The Morgan fingerprint density at radius 1 is 1.03 bits per heavy atom. The highest BCUT2D eigenvalue weighted by molar-refractivity contribution is 8.54. The van der Waals surface area contributed by atoms with Crippen LogP contribution in [0, 0.1) is 11.8 Å². The highest BCUT2D eigenvalue weighted by Gasteiger charge is 2.42. The molecule has 3 aliphatic heterocycles. The van der Waals surface area contributed by atoms with Gasteiger partial charge in [-0.3, -0.25) is 13.6 Å². The molecule has 15 heteroatoms. The van der Waals surface area contributed by atoms with Gasteiger partial charge < -0.3 is 28.7 Å². The van der Waals surface area contributed by atoms with Crippen molar-refractivity contribution < 1.29 is 54.2 Å². The molecule has 2 N–H and O–H groups in total. The molecule has 0 amide bonds. The van der Waals surface area contributed by atoms with E-state index in [1.807, 2.05) is 35.5 Å². The standard InChI is InChI=1S/C21H41BO11P2S/c1-13(2)15-5-7-27-18(15)11-30-34(23,24)32-16-6-8-28-20(16)12-36-35(25,26)33-17-9-21(22)31-19(17)10-29-14(3)4/h13-21H,5-12,22H2,1-4H3,(H,23,24)(H,25,26)/i7T,8T. The number of hydrogen-bond donors (Lipinski definition) is 2. The third kappa shape index (κ3) is 9.61. The molecule has 11 atom stereocenters. The molecule has 3 saturated heterocycles. The number of ether oxygens (including phenoxy) is 4. The topological polar surface area (TPSA) is 139 Å². The lowest BCUT2D eigenvalue weighted by atomic mass is 9.90. The van der Waals surface area contributed by atoms with Crippen molar-refractivity contribution in [2.75, 3.05) is 32.1 Å². The molecule has 0 spiro atoms. The number of phosphoric ester groups is 1. The van der Waals surface area contributed by atoms with E-state index in [0.29, 0.717) is 24.2 Å². The van der Waals surface area contributed by atoms with Crippen molar-refractivity contribution in [1.29, 1.82) is 0 Å². The Balaban J connectivity index is 1.51. The van der Waals surface area contributed by atoms with Gasteiger partial charge in [0.25, 0.3) is 0 Å². The van der Waals surface area contributed by atoms with Crippen molar-refractivity contribution in [1.82, 2.24) is 0 Å². The predicted octanol–water partition coefficient (Wildman–Crippen LogP) is 2.73. The molecule has 0 radical (unpaired) electrons. The molecule has 36 heavy (non-hydrogen) atoms. The molecular formula is C21H41BO11P2S. The first-order valence-electron chi connectivity index (χ1n) is 13.5. The second-order valence-corrected chi connectivity index (χ2v) is 15.3. The van der Waals surface area contributed by atoms with Crippen molar-refractivity contribution in [3.05, 3.63) is 0 Å². The van der Waals surface area contributed by atoms with Gasteiger partial charge in [-0.05, 0) is 49.9 Å². The Morgan fingerprint density at radius 3 is 2.42 bits per heavy atom. The summed E-state index contributed by atoms with van der Waals surface area (Å²) in [5.41, 5.74) is 0. The van der Waals surface area contributed by atoms with Gasteiger partial charge in [0.15, 0.2) is 0 Å². The van der Waals surface area contributed by atoms with Gasteiger partial charge >= 0.3 is 14.6 Å². The first-order chi connectivity index (χ1) is 17.6. The monoisotopic (exact) mass is 578 g/mol. The molecule has 3 rings (SSSR count). The second-order valence-electron chi connectivity index (χ2n) is 9.98. The Bertz CT molecular complexity index is 862. The van der Waals surface area contributed by atoms with Gasteiger partial charge in [-0.15, -0.1) is 0 Å². The normalized spacial score (nSPS) is 41.4. The second kappa shape index (κ2) is 13.7. The molecule has 0 aromatic carbocycles. The van der Waals surface area contributed by atoms with E-state index in [4.69, 9.17) is 35.3 Å². The highest BCUT2D eigenvalue weighted by Crippen LogP contribution is 2.59. The predicted molar refractivity (Wildman–Crippen MR) is 138 cm³/mol. The summed E-state index contributed by atoms with van der Waals surface area (Å²) in [4.78, 5) is 20.8. The largest absolute Gasteiger partial charge is 0.472 e. The number of rotatable bonds is 14. The lowest BCUT2D eigenvalue weighted by molar-refractivity contribution is -0.0422. The van der Waals surface area contributed by atoms with Gasteiger partial charge in [0.2, 0.25) is 0 Å². The summed E-state index contributed by atoms with van der Waals surface area (Å²) in [7, 11) is -2.71. The van der Waals surface area contributed by atoms with Crippen LogP contribution in [0.3, 0.4) is 0 Å². The summed E-state index contributed by atoms with van der Waals surface area (Å²) in [6, 6.07) is -0.151. The summed E-state index contributed by atoms with van der Waals surface area (Å²) in [6.45, 7) is 1.86. The molecule has 0 bridgehead atoms. The number of hydrogen-bond acceptors (Lipinski definition) is 10. The molecule has 3 aliphatic rings. The quantitative estimate of drug-likeness (QED) is 0.232. The molecule has 0 aromatic heterocycles. The van der Waals surface area contributed by atoms with Crippen molar-refractivity contribution in [2.45, 2.75) is 89.6 Å². The van der Waals surface area contributed by atoms with E-state index in [1.54, 1.807) is 0 Å². The third-order valence-corrected chi connectivity index (χ3v) is 10.3. The Hall–Kier alpha value is 0.515. The maximum atomic E-state index is 12.9. The molecule has 210 valence electrons. The van der Waals surface area contributed by atoms with Crippen LogP contribution in [0.1, 0.15) is 49.7 Å². The summed E-state index contributed by atoms with van der Waals surface area (Å²) >= 11 is 0.611. The zero-order chi connectivity index (χ0) is 28.3. The van der Waals surface area contributed by atoms with Gasteiger partial charge in [-0.25, -0.2) is 9.13 Å². The number of phosphoric acid groups is 1. The smallest absolute Gasteiger partial charge is 0.379 e. The van der Waals surface area contributed by atoms with Crippen LogP contribution in [-0.2, 0) is 41.6 Å². The van der Waals surface area contributed by atoms with Gasteiger partial charge in [0.1, 0.15) is 14.0 Å². The summed E-state index contributed by atoms with van der Waals surface area (Å²) in [5, 5.41) is 0. The van der Waals surface area contributed by atoms with Crippen LogP contribution in [0.25, 0.3) is 0 Å². The average Bonchev–Trinajstić information content (AvgIpc) is 3.44. The first-order valence-corrected chi connectivity index (χ1v) is 17.0. The van der Waals surface area contributed by atoms with Gasteiger partial charge in [-0.2, -0.15) is 0 Å². The van der Waals surface area contributed by atoms with Crippen molar-refractivity contribution in [3.63, 3.8) is 0 Å². The Morgan fingerprint density at radius 2 is 1.72 bits per heavy atom. The van der Waals surface area contributed by atoms with Crippen LogP contribution >= 0.6 is 26.0 Å². The Kier molecular flexibility index (Phi) is 10.7. The highest BCUT2D eigenvalue weighted by atomic mass is 32.7. The van der Waals surface area contributed by atoms with Crippen molar-refractivity contribution >= 4 is 33.8 Å². The zero-order valence-corrected chi connectivity index (χ0v) is 24.1. The van der Waals surface area contributed by atoms with Crippen molar-refractivity contribution in [3.8, 4) is 0 Å². The molecule has 3 fully saturated rings. The molecule has 11 nitrogen and oxygen atoms in total. The maximum absolute atomic E-state index is 12.9. The average molecular weight is 578 g/mol. The molecule has 3 heterocycles. The van der Waals surface area contributed by atoms with E-state index in [1.165, 1.54) is 0 Å². The van der Waals surface area contributed by atoms with E-state index >= 15 is 0 Å². The SMILES string of the molecule is [3H]C1CC(OP(=O)(O)OCC2OC([3H])CC2C(C)C)C(CSP(=O)(O)OC2CC(B)OC2COC(C)C)O1. The van der Waals surface area contributed by atoms with E-state index < -0.39 is 58.3 Å². The van der Waals surface area contributed by atoms with Crippen LogP contribution in [0.5, 0.6) is 0 Å². The van der Waals surface area contributed by atoms with Crippen LogP contribution in [0.2, 0.25) is 0 Å². The first kappa shape index (κ1) is 28.1. The van der Waals surface area contributed by atoms with Gasteiger partial charge in [0.05, 0.1) is 46.5 Å². The third-order valence-electron chi connectivity index (χ3n) is 6.31. The van der Waals surface area contributed by atoms with E-state index in [9.17, 15) is 18.9 Å². The summed E-state index contributed by atoms with van der Waals surface area (Å²) < 4.78 is 79.7. The lowest BCUT2D eigenvalue weighted by Crippen LogP contribution is -2.30. The van der Waals surface area contributed by atoms with E-state index in [-0.39, 0.29) is 49.3 Å². The summed E-state index contributed by atoms with van der Waals surface area (Å²) in [6.07, 6.45) is -2.61. The fourth-order valence-electron chi connectivity index (χ4n) is 4.38. The van der Waals surface area contributed by atoms with Crippen LogP contribution in [0.4, 0.5) is 0 Å². The van der Waals surface area contributed by atoms with E-state index in [2.05, 4.69) is 0 Å². The Labute approximate surface area is 221 Å². The molecule has 0 aromatic rings. The van der Waals surface area contributed by atoms with E-state index in [0.717, 1.165) is 0 Å². The minimum atomic E-state index is -4.56. The molecule has 0 aliphatic carbocycles. The van der Waals surface area contributed by atoms with Gasteiger partial charge in [-0.1, -0.05) is 13.8 Å². The van der Waals surface area contributed by atoms with Crippen LogP contribution in [0.15, 0.2) is 0 Å². The maximum Gasteiger partial charge on any atom is 0.472 e. The molecule has 0 saturated carbocycles. The minimum absolute atomic E-state index is 0.0116. The van der Waals surface area contributed by atoms with Crippen LogP contribution in [-0.4, -0.2) is 92.4 Å². The van der Waals surface area contributed by atoms with Gasteiger partial charge in [0, 0.05) is 31.3 Å². The summed E-state index contributed by atoms with van der Waals surface area (Å²) in [5.74, 6) is 0.115. The fraction of sp³-hybridized carbons (Fsp3) is 1.00. The zero-order valence-electron chi connectivity index (χ0n) is 23.5.